The summed E-state index contributed by atoms with van der Waals surface area (Å²) in [5.41, 5.74) is 1.36. The number of rotatable bonds is 7. The van der Waals surface area contributed by atoms with Gasteiger partial charge in [-0.2, -0.15) is 0 Å². The third kappa shape index (κ3) is 3.71. The molecule has 2 aromatic rings. The zero-order valence-electron chi connectivity index (χ0n) is 11.8. The van der Waals surface area contributed by atoms with Crippen molar-refractivity contribution < 1.29 is 4.42 Å². The van der Waals surface area contributed by atoms with Crippen molar-refractivity contribution in [1.29, 1.82) is 0 Å². The molecule has 1 N–H and O–H groups in total. The Hall–Kier alpha value is -1.54. The molecule has 0 aliphatic rings. The van der Waals surface area contributed by atoms with Crippen LogP contribution in [0.5, 0.6) is 0 Å². The Kier molecular flexibility index (Phi) is 5.22. The normalized spacial score (nSPS) is 12.8. The van der Waals surface area contributed by atoms with Gasteiger partial charge in [-0.15, -0.1) is 0 Å². The molecule has 2 heteroatoms. The Balaban J connectivity index is 2.10. The van der Waals surface area contributed by atoms with E-state index in [1.165, 1.54) is 18.4 Å². The van der Waals surface area contributed by atoms with E-state index in [-0.39, 0.29) is 0 Å². The first-order chi connectivity index (χ1) is 9.35. The lowest BCUT2D eigenvalue weighted by Crippen LogP contribution is -2.27. The molecule has 1 unspecified atom stereocenters. The van der Waals surface area contributed by atoms with Crippen LogP contribution in [-0.2, 0) is 6.54 Å². The lowest BCUT2D eigenvalue weighted by Gasteiger charge is -2.26. The van der Waals surface area contributed by atoms with E-state index in [0.717, 1.165) is 12.3 Å². The fourth-order valence-electron chi connectivity index (χ4n) is 2.60. The van der Waals surface area contributed by atoms with E-state index in [4.69, 9.17) is 4.42 Å². The summed E-state index contributed by atoms with van der Waals surface area (Å²) in [5, 5.41) is 3.65. The number of nitrogens with one attached hydrogen (secondary N) is 1. The molecule has 1 aromatic carbocycles. The molecule has 2 rings (SSSR count). The van der Waals surface area contributed by atoms with E-state index in [1.54, 1.807) is 6.26 Å². The predicted octanol–water partition coefficient (Wildman–Crippen LogP) is 4.55. The molecular weight excluding hydrogens is 234 g/mol. The summed E-state index contributed by atoms with van der Waals surface area (Å²) in [5.74, 6) is 1.64. The maximum atomic E-state index is 5.40. The van der Waals surface area contributed by atoms with Crippen LogP contribution in [0.15, 0.2) is 53.1 Å². The molecule has 1 heterocycles. The molecule has 0 aliphatic heterocycles. The van der Waals surface area contributed by atoms with Crippen molar-refractivity contribution >= 4 is 0 Å². The van der Waals surface area contributed by atoms with Crippen LogP contribution in [0.1, 0.15) is 44.1 Å². The van der Waals surface area contributed by atoms with Crippen LogP contribution in [-0.4, -0.2) is 0 Å². The van der Waals surface area contributed by atoms with Gasteiger partial charge in [-0.05, 0) is 23.6 Å². The second-order valence-electron chi connectivity index (χ2n) is 4.93. The lowest BCUT2D eigenvalue weighted by molar-refractivity contribution is 0.327. The number of hydrogen-bond donors (Lipinski definition) is 1. The van der Waals surface area contributed by atoms with Gasteiger partial charge < -0.3 is 9.73 Å². The van der Waals surface area contributed by atoms with Crippen molar-refractivity contribution in [3.63, 3.8) is 0 Å². The molecule has 2 nitrogen and oxygen atoms in total. The largest absolute Gasteiger partial charge is 0.468 e. The van der Waals surface area contributed by atoms with Gasteiger partial charge >= 0.3 is 0 Å². The van der Waals surface area contributed by atoms with Crippen molar-refractivity contribution in [3.05, 3.63) is 60.1 Å². The van der Waals surface area contributed by atoms with Crippen LogP contribution in [0.3, 0.4) is 0 Å². The Bertz CT molecular complexity index is 445. The van der Waals surface area contributed by atoms with Crippen LogP contribution in [0.25, 0.3) is 0 Å². The standard InChI is InChI=1S/C17H23NO/c1-3-14(4-2)17(15-9-6-5-7-10-15)18-13-16-11-8-12-19-16/h5-12,14,17-18H,3-4,13H2,1-2H3. The summed E-state index contributed by atoms with van der Waals surface area (Å²) >= 11 is 0. The lowest BCUT2D eigenvalue weighted by atomic mass is 9.89. The Labute approximate surface area is 115 Å². The molecule has 0 spiro atoms. The topological polar surface area (TPSA) is 25.2 Å². The average molecular weight is 257 g/mol. The molecule has 0 aliphatic carbocycles. The third-order valence-corrected chi connectivity index (χ3v) is 3.76. The van der Waals surface area contributed by atoms with Crippen molar-refractivity contribution in [2.45, 2.75) is 39.3 Å². The van der Waals surface area contributed by atoms with E-state index in [9.17, 15) is 0 Å². The van der Waals surface area contributed by atoms with Gasteiger partial charge in [0.2, 0.25) is 0 Å². The zero-order valence-corrected chi connectivity index (χ0v) is 11.8. The first kappa shape index (κ1) is 13.9. The smallest absolute Gasteiger partial charge is 0.117 e. The summed E-state index contributed by atoms with van der Waals surface area (Å²) in [7, 11) is 0. The fourth-order valence-corrected chi connectivity index (χ4v) is 2.60. The molecule has 0 saturated carbocycles. The summed E-state index contributed by atoms with van der Waals surface area (Å²) in [6, 6.07) is 15.0. The first-order valence-corrected chi connectivity index (χ1v) is 7.15. The summed E-state index contributed by atoms with van der Waals surface area (Å²) in [6.45, 7) is 5.31. The SMILES string of the molecule is CCC(CC)C(NCc1ccco1)c1ccccc1. The van der Waals surface area contributed by atoms with Crippen molar-refractivity contribution in [3.8, 4) is 0 Å². The van der Waals surface area contributed by atoms with Gasteiger partial charge in [0.15, 0.2) is 0 Å². The summed E-state index contributed by atoms with van der Waals surface area (Å²) in [6.07, 6.45) is 4.09. The summed E-state index contributed by atoms with van der Waals surface area (Å²) < 4.78 is 5.40. The molecular formula is C17H23NO. The van der Waals surface area contributed by atoms with Crippen LogP contribution in [0.4, 0.5) is 0 Å². The van der Waals surface area contributed by atoms with Crippen molar-refractivity contribution in [2.75, 3.05) is 0 Å². The maximum absolute atomic E-state index is 5.40. The monoisotopic (exact) mass is 257 g/mol. The van der Waals surface area contributed by atoms with Crippen LogP contribution in [0, 0.1) is 5.92 Å². The average Bonchev–Trinajstić information content (AvgIpc) is 2.97. The Morgan fingerprint density at radius 1 is 1.00 bits per heavy atom. The van der Waals surface area contributed by atoms with Gasteiger partial charge in [0.05, 0.1) is 12.8 Å². The van der Waals surface area contributed by atoms with Crippen molar-refractivity contribution in [2.24, 2.45) is 5.92 Å². The third-order valence-electron chi connectivity index (χ3n) is 3.76. The minimum absolute atomic E-state index is 0.390. The Morgan fingerprint density at radius 3 is 2.32 bits per heavy atom. The van der Waals surface area contributed by atoms with Crippen LogP contribution >= 0.6 is 0 Å². The minimum Gasteiger partial charge on any atom is -0.468 e. The molecule has 0 fully saturated rings. The van der Waals surface area contributed by atoms with Crippen LogP contribution in [0.2, 0.25) is 0 Å². The molecule has 0 bridgehead atoms. The van der Waals surface area contributed by atoms with Gasteiger partial charge in [-0.25, -0.2) is 0 Å². The molecule has 0 radical (unpaired) electrons. The highest BCUT2D eigenvalue weighted by atomic mass is 16.3. The van der Waals surface area contributed by atoms with Crippen LogP contribution < -0.4 is 5.32 Å². The van der Waals surface area contributed by atoms with Gasteiger partial charge in [0, 0.05) is 6.04 Å². The highest BCUT2D eigenvalue weighted by Gasteiger charge is 2.19. The van der Waals surface area contributed by atoms with Gasteiger partial charge in [-0.1, -0.05) is 57.0 Å². The van der Waals surface area contributed by atoms with Gasteiger partial charge in [0.25, 0.3) is 0 Å². The molecule has 1 aromatic heterocycles. The number of furan rings is 1. The molecule has 0 amide bonds. The quantitative estimate of drug-likeness (QED) is 0.787. The van der Waals surface area contributed by atoms with Gasteiger partial charge in [0.1, 0.15) is 5.76 Å². The van der Waals surface area contributed by atoms with E-state index in [2.05, 4.69) is 49.5 Å². The van der Waals surface area contributed by atoms with Gasteiger partial charge in [-0.3, -0.25) is 0 Å². The van der Waals surface area contributed by atoms with E-state index < -0.39 is 0 Å². The molecule has 19 heavy (non-hydrogen) atoms. The highest BCUT2D eigenvalue weighted by Crippen LogP contribution is 2.27. The van der Waals surface area contributed by atoms with E-state index in [0.29, 0.717) is 12.0 Å². The second kappa shape index (κ2) is 7.15. The second-order valence-corrected chi connectivity index (χ2v) is 4.93. The summed E-state index contributed by atoms with van der Waals surface area (Å²) in [4.78, 5) is 0. The highest BCUT2D eigenvalue weighted by molar-refractivity contribution is 5.20. The predicted molar refractivity (Wildman–Crippen MR) is 78.8 cm³/mol. The minimum atomic E-state index is 0.390. The molecule has 1 atom stereocenters. The first-order valence-electron chi connectivity index (χ1n) is 7.15. The number of hydrogen-bond acceptors (Lipinski definition) is 2. The van der Waals surface area contributed by atoms with E-state index >= 15 is 0 Å². The molecule has 102 valence electrons. The maximum Gasteiger partial charge on any atom is 0.117 e. The zero-order chi connectivity index (χ0) is 13.5. The van der Waals surface area contributed by atoms with E-state index in [1.807, 2.05) is 12.1 Å². The number of benzene rings is 1. The molecule has 0 saturated heterocycles. The van der Waals surface area contributed by atoms with Crippen molar-refractivity contribution in [1.82, 2.24) is 5.32 Å². The fraction of sp³-hybridized carbons (Fsp3) is 0.412. The Morgan fingerprint density at radius 2 is 1.74 bits per heavy atom.